The van der Waals surface area contributed by atoms with E-state index in [2.05, 4.69) is 12.2 Å². The minimum absolute atomic E-state index is 0.138. The van der Waals surface area contributed by atoms with Crippen LogP contribution in [-0.4, -0.2) is 34.4 Å². The summed E-state index contributed by atoms with van der Waals surface area (Å²) in [5, 5.41) is 3.90. The monoisotopic (exact) mass is 459 g/mol. The van der Waals surface area contributed by atoms with Crippen LogP contribution in [0.3, 0.4) is 0 Å². The second kappa shape index (κ2) is 10.8. The number of hydrogen-bond acceptors (Lipinski definition) is 5. The molecule has 33 heavy (non-hydrogen) atoms. The molecule has 0 atom stereocenters. The number of nitrogens with zero attached hydrogens (tertiary/aromatic N) is 2. The van der Waals surface area contributed by atoms with Crippen molar-refractivity contribution in [1.29, 1.82) is 0 Å². The SMILES string of the molecule is CCc1ccccc1-n1c(SCC(=O)NCCOc2ccccc2)nc2ccccc2c1=O. The van der Waals surface area contributed by atoms with Crippen LogP contribution in [0.1, 0.15) is 12.5 Å². The Morgan fingerprint density at radius 2 is 1.73 bits per heavy atom. The summed E-state index contributed by atoms with van der Waals surface area (Å²) in [4.78, 5) is 30.6. The van der Waals surface area contributed by atoms with Crippen molar-refractivity contribution in [3.8, 4) is 11.4 Å². The standard InChI is InChI=1S/C26H25N3O3S/c1-2-19-10-6-9-15-23(19)29-25(31)21-13-7-8-14-22(21)28-26(29)33-18-24(30)27-16-17-32-20-11-4-3-5-12-20/h3-15H,2,16-18H2,1H3,(H,27,30). The molecular weight excluding hydrogens is 434 g/mol. The summed E-state index contributed by atoms with van der Waals surface area (Å²) in [5.74, 6) is 0.763. The van der Waals surface area contributed by atoms with Gasteiger partial charge < -0.3 is 10.1 Å². The van der Waals surface area contributed by atoms with Gasteiger partial charge in [0.15, 0.2) is 5.16 Å². The summed E-state index contributed by atoms with van der Waals surface area (Å²) in [5.41, 5.74) is 2.32. The Morgan fingerprint density at radius 3 is 2.55 bits per heavy atom. The molecule has 0 fully saturated rings. The number of thioether (sulfide) groups is 1. The van der Waals surface area contributed by atoms with Crippen LogP contribution >= 0.6 is 11.8 Å². The molecule has 4 rings (SSSR count). The number of benzene rings is 3. The Kier molecular flexibility index (Phi) is 7.42. The highest BCUT2D eigenvalue weighted by Gasteiger charge is 2.16. The Morgan fingerprint density at radius 1 is 1.00 bits per heavy atom. The van der Waals surface area contributed by atoms with Crippen molar-refractivity contribution in [2.75, 3.05) is 18.9 Å². The summed E-state index contributed by atoms with van der Waals surface area (Å²) in [6.07, 6.45) is 0.779. The van der Waals surface area contributed by atoms with Gasteiger partial charge in [0.1, 0.15) is 12.4 Å². The fourth-order valence-corrected chi connectivity index (χ4v) is 4.34. The van der Waals surface area contributed by atoms with Crippen molar-refractivity contribution < 1.29 is 9.53 Å². The number of nitrogens with one attached hydrogen (secondary N) is 1. The highest BCUT2D eigenvalue weighted by atomic mass is 32.2. The van der Waals surface area contributed by atoms with E-state index in [1.807, 2.05) is 72.8 Å². The predicted octanol–water partition coefficient (Wildman–Crippen LogP) is 4.24. The highest BCUT2D eigenvalue weighted by Crippen LogP contribution is 2.23. The third-order valence-corrected chi connectivity index (χ3v) is 6.07. The molecule has 0 saturated carbocycles. The molecule has 1 aromatic heterocycles. The maximum Gasteiger partial charge on any atom is 0.266 e. The molecule has 168 valence electrons. The Labute approximate surface area is 196 Å². The first-order chi connectivity index (χ1) is 16.2. The van der Waals surface area contributed by atoms with Crippen molar-refractivity contribution in [3.63, 3.8) is 0 Å². The van der Waals surface area contributed by atoms with E-state index in [0.717, 1.165) is 23.4 Å². The van der Waals surface area contributed by atoms with E-state index in [4.69, 9.17) is 9.72 Å². The zero-order valence-electron chi connectivity index (χ0n) is 18.4. The topological polar surface area (TPSA) is 73.2 Å². The molecule has 0 aliphatic rings. The van der Waals surface area contributed by atoms with Gasteiger partial charge in [0.05, 0.1) is 28.9 Å². The van der Waals surface area contributed by atoms with Crippen LogP contribution in [-0.2, 0) is 11.2 Å². The second-order valence-electron chi connectivity index (χ2n) is 7.33. The summed E-state index contributed by atoms with van der Waals surface area (Å²) >= 11 is 1.25. The molecule has 0 unspecified atom stereocenters. The Bertz CT molecular complexity index is 1310. The van der Waals surface area contributed by atoms with Crippen LogP contribution in [0.15, 0.2) is 88.8 Å². The van der Waals surface area contributed by atoms with Gasteiger partial charge in [0.2, 0.25) is 5.91 Å². The van der Waals surface area contributed by atoms with Crippen LogP contribution in [0.5, 0.6) is 5.75 Å². The van der Waals surface area contributed by atoms with Gasteiger partial charge in [-0.25, -0.2) is 4.98 Å². The number of aromatic nitrogens is 2. The Hall–Kier alpha value is -3.58. The fraction of sp³-hybridized carbons (Fsp3) is 0.192. The maximum atomic E-state index is 13.4. The number of carbonyl (C=O) groups excluding carboxylic acids is 1. The van der Waals surface area contributed by atoms with Crippen LogP contribution in [0.2, 0.25) is 0 Å². The first kappa shape index (κ1) is 22.6. The fourth-order valence-electron chi connectivity index (χ4n) is 3.51. The summed E-state index contributed by atoms with van der Waals surface area (Å²) < 4.78 is 7.23. The van der Waals surface area contributed by atoms with Crippen molar-refractivity contribution in [3.05, 3.63) is 94.8 Å². The predicted molar refractivity (Wildman–Crippen MR) is 132 cm³/mol. The van der Waals surface area contributed by atoms with Gasteiger partial charge in [-0.2, -0.15) is 0 Å². The van der Waals surface area contributed by atoms with Gasteiger partial charge in [-0.05, 0) is 42.3 Å². The summed E-state index contributed by atoms with van der Waals surface area (Å²) in [6, 6.07) is 24.5. The first-order valence-electron chi connectivity index (χ1n) is 10.8. The van der Waals surface area contributed by atoms with Gasteiger partial charge in [-0.3, -0.25) is 14.2 Å². The first-order valence-corrected chi connectivity index (χ1v) is 11.8. The number of aryl methyl sites for hydroxylation is 1. The van der Waals surface area contributed by atoms with E-state index in [0.29, 0.717) is 29.2 Å². The third-order valence-electron chi connectivity index (χ3n) is 5.13. The molecule has 0 saturated heterocycles. The number of para-hydroxylation sites is 3. The zero-order chi connectivity index (χ0) is 23.0. The quantitative estimate of drug-likeness (QED) is 0.230. The van der Waals surface area contributed by atoms with E-state index >= 15 is 0 Å². The van der Waals surface area contributed by atoms with Crippen molar-refractivity contribution in [2.24, 2.45) is 0 Å². The van der Waals surface area contributed by atoms with Gasteiger partial charge in [0, 0.05) is 0 Å². The number of carbonyl (C=O) groups is 1. The normalized spacial score (nSPS) is 10.8. The van der Waals surface area contributed by atoms with Crippen molar-refractivity contribution >= 4 is 28.6 Å². The lowest BCUT2D eigenvalue weighted by atomic mass is 10.1. The third kappa shape index (κ3) is 5.43. The average molecular weight is 460 g/mol. The molecule has 0 spiro atoms. The molecule has 0 aliphatic carbocycles. The molecule has 1 heterocycles. The lowest BCUT2D eigenvalue weighted by Gasteiger charge is -2.16. The molecular formula is C26H25N3O3S. The lowest BCUT2D eigenvalue weighted by molar-refractivity contribution is -0.118. The number of fused-ring (bicyclic) bond motifs is 1. The molecule has 0 aliphatic heterocycles. The minimum atomic E-state index is -0.144. The Balaban J connectivity index is 1.51. The molecule has 0 bridgehead atoms. The number of hydrogen-bond donors (Lipinski definition) is 1. The molecule has 4 aromatic rings. The molecule has 0 radical (unpaired) electrons. The molecule has 3 aromatic carbocycles. The van der Waals surface area contributed by atoms with Gasteiger partial charge in [-0.1, -0.05) is 67.2 Å². The summed E-state index contributed by atoms with van der Waals surface area (Å²) in [7, 11) is 0. The maximum absolute atomic E-state index is 13.4. The number of rotatable bonds is 9. The summed E-state index contributed by atoms with van der Waals surface area (Å²) in [6.45, 7) is 2.82. The van der Waals surface area contributed by atoms with Gasteiger partial charge in [-0.15, -0.1) is 0 Å². The number of ether oxygens (including phenoxy) is 1. The second-order valence-corrected chi connectivity index (χ2v) is 8.28. The largest absolute Gasteiger partial charge is 0.492 e. The number of amides is 1. The van der Waals surface area contributed by atoms with Gasteiger partial charge >= 0.3 is 0 Å². The van der Waals surface area contributed by atoms with Crippen LogP contribution in [0.4, 0.5) is 0 Å². The molecule has 7 heteroatoms. The minimum Gasteiger partial charge on any atom is -0.492 e. The van der Waals surface area contributed by atoms with E-state index in [-0.39, 0.29) is 17.2 Å². The van der Waals surface area contributed by atoms with Crippen molar-refractivity contribution in [2.45, 2.75) is 18.5 Å². The van der Waals surface area contributed by atoms with Crippen LogP contribution < -0.4 is 15.6 Å². The van der Waals surface area contributed by atoms with E-state index in [9.17, 15) is 9.59 Å². The van der Waals surface area contributed by atoms with E-state index in [1.54, 1.807) is 10.6 Å². The lowest BCUT2D eigenvalue weighted by Crippen LogP contribution is -2.30. The molecule has 1 N–H and O–H groups in total. The van der Waals surface area contributed by atoms with E-state index in [1.165, 1.54) is 11.8 Å². The van der Waals surface area contributed by atoms with Crippen LogP contribution in [0, 0.1) is 0 Å². The average Bonchev–Trinajstić information content (AvgIpc) is 2.86. The van der Waals surface area contributed by atoms with Crippen molar-refractivity contribution in [1.82, 2.24) is 14.9 Å². The smallest absolute Gasteiger partial charge is 0.266 e. The highest BCUT2D eigenvalue weighted by molar-refractivity contribution is 7.99. The molecule has 6 nitrogen and oxygen atoms in total. The van der Waals surface area contributed by atoms with E-state index < -0.39 is 0 Å². The zero-order valence-corrected chi connectivity index (χ0v) is 19.2. The van der Waals surface area contributed by atoms with Gasteiger partial charge in [0.25, 0.3) is 5.56 Å². The van der Waals surface area contributed by atoms with Crippen LogP contribution in [0.25, 0.3) is 16.6 Å². The molecule has 1 amide bonds.